The van der Waals surface area contributed by atoms with Crippen LogP contribution in [0, 0.1) is 0 Å². The number of furan rings is 1. The predicted molar refractivity (Wildman–Crippen MR) is 97.0 cm³/mol. The van der Waals surface area contributed by atoms with Gasteiger partial charge in [-0.05, 0) is 44.5 Å². The van der Waals surface area contributed by atoms with Gasteiger partial charge < -0.3 is 15.5 Å². The molecule has 0 spiro atoms. The average Bonchev–Trinajstić information content (AvgIpc) is 3.18. The van der Waals surface area contributed by atoms with E-state index in [1.165, 1.54) is 32.4 Å². The molecule has 1 unspecified atom stereocenters. The lowest BCUT2D eigenvalue weighted by molar-refractivity contribution is 0.203. The van der Waals surface area contributed by atoms with Gasteiger partial charge in [-0.15, -0.1) is 0 Å². The van der Waals surface area contributed by atoms with Gasteiger partial charge in [0, 0.05) is 6.54 Å². The lowest BCUT2D eigenvalue weighted by Gasteiger charge is -2.25. The van der Waals surface area contributed by atoms with E-state index in [9.17, 15) is 0 Å². The maximum atomic E-state index is 5.96. The van der Waals surface area contributed by atoms with E-state index in [2.05, 4.69) is 37.7 Å². The van der Waals surface area contributed by atoms with E-state index in [4.69, 9.17) is 10.2 Å². The van der Waals surface area contributed by atoms with Crippen LogP contribution in [0.4, 0.5) is 11.6 Å². The van der Waals surface area contributed by atoms with Gasteiger partial charge >= 0.3 is 0 Å². The lowest BCUT2D eigenvalue weighted by Crippen LogP contribution is -2.28. The molecule has 1 aliphatic rings. The van der Waals surface area contributed by atoms with Gasteiger partial charge in [0.1, 0.15) is 11.5 Å². The molecule has 2 aromatic heterocycles. The highest BCUT2D eigenvalue weighted by Crippen LogP contribution is 2.27. The van der Waals surface area contributed by atoms with Crippen molar-refractivity contribution in [3.05, 3.63) is 23.7 Å². The first-order chi connectivity index (χ1) is 11.2. The van der Waals surface area contributed by atoms with Crippen molar-refractivity contribution < 1.29 is 4.42 Å². The molecule has 8 heteroatoms. The Morgan fingerprint density at radius 1 is 1.30 bits per heavy atom. The second-order valence-electron chi connectivity index (χ2n) is 5.87. The molecular formula is C15H23N5OS2. The lowest BCUT2D eigenvalue weighted by atomic mass is 10.1. The van der Waals surface area contributed by atoms with Crippen molar-refractivity contribution >= 4 is 36.0 Å². The normalized spacial score (nSPS) is 17.3. The minimum Gasteiger partial charge on any atom is -0.464 e. The number of nitrogens with two attached hydrogens (primary N) is 1. The molecular weight excluding hydrogens is 330 g/mol. The van der Waals surface area contributed by atoms with Gasteiger partial charge in [0.05, 0.1) is 23.5 Å². The number of anilines is 2. The van der Waals surface area contributed by atoms with Gasteiger partial charge in [0.25, 0.3) is 0 Å². The van der Waals surface area contributed by atoms with Gasteiger partial charge in [0.15, 0.2) is 11.6 Å². The molecule has 0 bridgehead atoms. The Bertz CT molecular complexity index is 609. The molecule has 23 heavy (non-hydrogen) atoms. The van der Waals surface area contributed by atoms with Crippen LogP contribution < -0.4 is 11.1 Å². The van der Waals surface area contributed by atoms with Gasteiger partial charge in [-0.25, -0.2) is 0 Å². The van der Waals surface area contributed by atoms with E-state index in [0.29, 0.717) is 11.6 Å². The quantitative estimate of drug-likeness (QED) is 0.664. The third-order valence-corrected chi connectivity index (χ3v) is 5.12. The molecule has 2 aromatic rings. The molecule has 1 atom stereocenters. The summed E-state index contributed by atoms with van der Waals surface area (Å²) >= 11 is 5.76. The predicted octanol–water partition coefficient (Wildman–Crippen LogP) is 3.17. The number of aromatic nitrogens is 2. The summed E-state index contributed by atoms with van der Waals surface area (Å²) in [7, 11) is 0. The van der Waals surface area contributed by atoms with Gasteiger partial charge in [-0.1, -0.05) is 6.42 Å². The fraction of sp³-hybridized carbons (Fsp3) is 0.600. The molecule has 1 saturated heterocycles. The van der Waals surface area contributed by atoms with Crippen LogP contribution in [0.5, 0.6) is 0 Å². The number of nitrogen functional groups attached to an aromatic ring is 1. The number of hydrogen-bond donors (Lipinski definition) is 3. The van der Waals surface area contributed by atoms with E-state index >= 15 is 0 Å². The molecule has 3 rings (SSSR count). The van der Waals surface area contributed by atoms with Crippen molar-refractivity contribution in [3.8, 4) is 0 Å². The summed E-state index contributed by atoms with van der Waals surface area (Å²) in [4.78, 5) is 2.46. The Morgan fingerprint density at radius 3 is 2.87 bits per heavy atom. The van der Waals surface area contributed by atoms with Crippen LogP contribution in [-0.4, -0.2) is 33.3 Å². The highest BCUT2D eigenvalue weighted by atomic mass is 32.1. The topological polar surface area (TPSA) is 80.2 Å². The van der Waals surface area contributed by atoms with Gasteiger partial charge in [-0.3, -0.25) is 4.90 Å². The molecule has 0 saturated carbocycles. The first-order valence-corrected chi connectivity index (χ1v) is 9.28. The number of rotatable bonds is 7. The fourth-order valence-corrected chi connectivity index (χ4v) is 3.51. The van der Waals surface area contributed by atoms with E-state index in [-0.39, 0.29) is 5.25 Å². The molecule has 126 valence electrons. The Balaban J connectivity index is 1.46. The Kier molecular flexibility index (Phi) is 5.80. The third kappa shape index (κ3) is 4.62. The molecule has 0 amide bonds. The zero-order valence-electron chi connectivity index (χ0n) is 13.1. The zero-order valence-corrected chi connectivity index (χ0v) is 14.8. The summed E-state index contributed by atoms with van der Waals surface area (Å²) in [5, 5.41) is 3.24. The van der Waals surface area contributed by atoms with Crippen molar-refractivity contribution in [1.82, 2.24) is 13.6 Å². The molecule has 0 radical (unpaired) electrons. The van der Waals surface area contributed by atoms with Crippen molar-refractivity contribution in [2.75, 3.05) is 30.7 Å². The summed E-state index contributed by atoms with van der Waals surface area (Å²) in [5.41, 5.74) is 5.69. The van der Waals surface area contributed by atoms with E-state index < -0.39 is 0 Å². The van der Waals surface area contributed by atoms with Crippen LogP contribution in [0.2, 0.25) is 0 Å². The van der Waals surface area contributed by atoms with Crippen LogP contribution in [-0.2, 0) is 6.54 Å². The molecule has 3 N–H and O–H groups in total. The average molecular weight is 354 g/mol. The molecule has 6 nitrogen and oxygen atoms in total. The van der Waals surface area contributed by atoms with Crippen molar-refractivity contribution in [3.63, 3.8) is 0 Å². The summed E-state index contributed by atoms with van der Waals surface area (Å²) in [6.07, 6.45) is 4.77. The maximum Gasteiger partial charge on any atom is 0.184 e. The van der Waals surface area contributed by atoms with E-state index in [1.807, 2.05) is 6.07 Å². The minimum absolute atomic E-state index is 0.0606. The highest BCUT2D eigenvalue weighted by Gasteiger charge is 2.15. The summed E-state index contributed by atoms with van der Waals surface area (Å²) in [6, 6.07) is 4.11. The third-order valence-electron chi connectivity index (χ3n) is 4.06. The molecule has 0 aliphatic carbocycles. The largest absolute Gasteiger partial charge is 0.464 e. The SMILES string of the molecule is Nc1nsnc1NCCC(S)c1ccc(CN2CCCCC2)o1. The number of piperidine rings is 1. The Hall–Kier alpha value is -1.25. The summed E-state index contributed by atoms with van der Waals surface area (Å²) < 4.78 is 14.0. The standard InChI is InChI=1S/C15H23N5OS2/c16-14-15(19-23-18-14)17-7-6-13(22)12-5-4-11(21-12)10-20-8-2-1-3-9-20/h4-5,13,22H,1-3,6-10H2,(H2,16,18)(H,17,19). The van der Waals surface area contributed by atoms with Crippen LogP contribution in [0.15, 0.2) is 16.5 Å². The number of nitrogens with zero attached hydrogens (tertiary/aromatic N) is 3. The number of nitrogens with one attached hydrogen (secondary N) is 1. The van der Waals surface area contributed by atoms with Crippen LogP contribution in [0.1, 0.15) is 42.5 Å². The Morgan fingerprint density at radius 2 is 2.13 bits per heavy atom. The maximum absolute atomic E-state index is 5.96. The van der Waals surface area contributed by atoms with Crippen molar-refractivity contribution in [1.29, 1.82) is 0 Å². The molecule has 1 fully saturated rings. The fourth-order valence-electron chi connectivity index (χ4n) is 2.78. The Labute approximate surface area is 146 Å². The monoisotopic (exact) mass is 353 g/mol. The summed E-state index contributed by atoms with van der Waals surface area (Å²) in [5.74, 6) is 3.06. The smallest absolute Gasteiger partial charge is 0.184 e. The molecule has 1 aliphatic heterocycles. The minimum atomic E-state index is 0.0606. The summed E-state index contributed by atoms with van der Waals surface area (Å²) in [6.45, 7) is 3.98. The van der Waals surface area contributed by atoms with E-state index in [1.54, 1.807) is 0 Å². The number of thiol groups is 1. The van der Waals surface area contributed by atoms with Crippen LogP contribution in [0.3, 0.4) is 0 Å². The number of likely N-dealkylation sites (tertiary alicyclic amines) is 1. The zero-order chi connectivity index (χ0) is 16.1. The highest BCUT2D eigenvalue weighted by molar-refractivity contribution is 7.80. The van der Waals surface area contributed by atoms with Crippen LogP contribution >= 0.6 is 24.4 Å². The first-order valence-electron chi connectivity index (χ1n) is 8.03. The second kappa shape index (κ2) is 8.03. The van der Waals surface area contributed by atoms with Crippen molar-refractivity contribution in [2.45, 2.75) is 37.5 Å². The van der Waals surface area contributed by atoms with E-state index in [0.717, 1.165) is 42.8 Å². The molecule has 3 heterocycles. The first kappa shape index (κ1) is 16.6. The second-order valence-corrected chi connectivity index (χ2v) is 7.02. The molecule has 0 aromatic carbocycles. The number of hydrogen-bond acceptors (Lipinski definition) is 8. The van der Waals surface area contributed by atoms with Crippen molar-refractivity contribution in [2.24, 2.45) is 0 Å². The van der Waals surface area contributed by atoms with Gasteiger partial charge in [0.2, 0.25) is 0 Å². The van der Waals surface area contributed by atoms with Gasteiger partial charge in [-0.2, -0.15) is 21.4 Å². The van der Waals surface area contributed by atoms with Crippen LogP contribution in [0.25, 0.3) is 0 Å².